The predicted molar refractivity (Wildman–Crippen MR) is 70.3 cm³/mol. The number of anilines is 1. The van der Waals surface area contributed by atoms with Crippen LogP contribution in [0.4, 0.5) is 5.69 Å². The highest BCUT2D eigenvalue weighted by atomic mass is 35.5. The summed E-state index contributed by atoms with van der Waals surface area (Å²) in [7, 11) is 1.92. The molecule has 2 rings (SSSR count). The number of benzene rings is 1. The second-order valence-corrected chi connectivity index (χ2v) is 4.73. The molecule has 0 fully saturated rings. The molecular weight excluding hydrogens is 220 g/mol. The third-order valence-corrected chi connectivity index (χ3v) is 3.63. The van der Waals surface area contributed by atoms with Crippen molar-refractivity contribution in [3.63, 3.8) is 0 Å². The second-order valence-electron chi connectivity index (χ2n) is 4.32. The van der Waals surface area contributed by atoms with E-state index in [-0.39, 0.29) is 0 Å². The molecule has 1 aliphatic rings. The lowest BCUT2D eigenvalue weighted by Gasteiger charge is -2.18. The predicted octanol–water partition coefficient (Wildman–Crippen LogP) is 3.15. The molecule has 3 heteroatoms. The number of hydrogen-bond donors (Lipinski definition) is 1. The van der Waals surface area contributed by atoms with E-state index in [1.807, 2.05) is 7.05 Å². The molecule has 0 atom stereocenters. The van der Waals surface area contributed by atoms with Crippen molar-refractivity contribution >= 4 is 17.3 Å². The number of hydrogen-bond acceptors (Lipinski definition) is 2. The Bertz CT molecular complexity index is 376. The van der Waals surface area contributed by atoms with Gasteiger partial charge in [0.2, 0.25) is 0 Å². The summed E-state index contributed by atoms with van der Waals surface area (Å²) in [6.07, 6.45) is 2.41. The molecule has 0 amide bonds. The fourth-order valence-corrected chi connectivity index (χ4v) is 2.59. The molecule has 1 aromatic rings. The summed E-state index contributed by atoms with van der Waals surface area (Å²) in [4.78, 5) is 2.47. The third-order valence-electron chi connectivity index (χ3n) is 3.32. The van der Waals surface area contributed by atoms with Gasteiger partial charge in [0.25, 0.3) is 0 Å². The third kappa shape index (κ3) is 2.33. The maximum atomic E-state index is 6.22. The van der Waals surface area contributed by atoms with E-state index in [1.165, 1.54) is 24.1 Å². The summed E-state index contributed by atoms with van der Waals surface area (Å²) < 4.78 is 0. The average Bonchev–Trinajstić information content (AvgIpc) is 2.49. The van der Waals surface area contributed by atoms with Crippen LogP contribution in [0.25, 0.3) is 0 Å². The summed E-state index contributed by atoms with van der Waals surface area (Å²) in [5.74, 6) is 0. The highest BCUT2D eigenvalue weighted by Gasteiger charge is 2.14. The largest absolute Gasteiger partial charge is 0.387 e. The van der Waals surface area contributed by atoms with Gasteiger partial charge in [0.1, 0.15) is 0 Å². The smallest absolute Gasteiger partial charge is 0.0640 e. The summed E-state index contributed by atoms with van der Waals surface area (Å²) >= 11 is 6.22. The maximum absolute atomic E-state index is 6.22. The standard InChI is InChI=1S/C13H19ClN2/c1-3-16-6-4-5-10-8-13(15-2)12(14)7-11(10)9-16/h7-8,15H,3-6,9H2,1-2H3. The van der Waals surface area contributed by atoms with Crippen LogP contribution in [0.2, 0.25) is 5.02 Å². The van der Waals surface area contributed by atoms with Gasteiger partial charge >= 0.3 is 0 Å². The van der Waals surface area contributed by atoms with E-state index < -0.39 is 0 Å². The molecule has 0 aromatic heterocycles. The molecule has 0 aliphatic carbocycles. The van der Waals surface area contributed by atoms with E-state index in [2.05, 4.69) is 29.3 Å². The van der Waals surface area contributed by atoms with E-state index in [0.717, 1.165) is 30.2 Å². The van der Waals surface area contributed by atoms with Crippen molar-refractivity contribution in [3.05, 3.63) is 28.3 Å². The first-order valence-electron chi connectivity index (χ1n) is 5.96. The summed E-state index contributed by atoms with van der Waals surface area (Å²) in [5, 5.41) is 3.98. The first kappa shape index (κ1) is 11.7. The van der Waals surface area contributed by atoms with Crippen LogP contribution in [-0.4, -0.2) is 25.0 Å². The van der Waals surface area contributed by atoms with Gasteiger partial charge in [-0.2, -0.15) is 0 Å². The lowest BCUT2D eigenvalue weighted by molar-refractivity contribution is 0.284. The Morgan fingerprint density at radius 3 is 2.88 bits per heavy atom. The molecule has 1 heterocycles. The fourth-order valence-electron chi connectivity index (χ4n) is 2.31. The van der Waals surface area contributed by atoms with Crippen LogP contribution in [0.3, 0.4) is 0 Å². The van der Waals surface area contributed by atoms with E-state index in [1.54, 1.807) is 0 Å². The van der Waals surface area contributed by atoms with Gasteiger partial charge in [-0.15, -0.1) is 0 Å². The zero-order chi connectivity index (χ0) is 11.5. The second kappa shape index (κ2) is 5.07. The first-order valence-corrected chi connectivity index (χ1v) is 6.33. The highest BCUT2D eigenvalue weighted by molar-refractivity contribution is 6.33. The van der Waals surface area contributed by atoms with Gasteiger partial charge in [0, 0.05) is 13.6 Å². The molecule has 16 heavy (non-hydrogen) atoms. The number of aryl methyl sites for hydroxylation is 1. The molecule has 1 aromatic carbocycles. The molecule has 1 aliphatic heterocycles. The van der Waals surface area contributed by atoms with Crippen molar-refractivity contribution in [2.75, 3.05) is 25.5 Å². The Labute approximate surface area is 103 Å². The quantitative estimate of drug-likeness (QED) is 0.852. The molecule has 88 valence electrons. The fraction of sp³-hybridized carbons (Fsp3) is 0.538. The lowest BCUT2D eigenvalue weighted by atomic mass is 10.0. The van der Waals surface area contributed by atoms with Crippen molar-refractivity contribution in [2.45, 2.75) is 26.3 Å². The molecule has 0 saturated carbocycles. The number of halogens is 1. The van der Waals surface area contributed by atoms with Crippen molar-refractivity contribution in [1.82, 2.24) is 4.90 Å². The summed E-state index contributed by atoms with van der Waals surface area (Å²) in [6, 6.07) is 4.33. The van der Waals surface area contributed by atoms with E-state index in [4.69, 9.17) is 11.6 Å². The van der Waals surface area contributed by atoms with Crippen molar-refractivity contribution in [1.29, 1.82) is 0 Å². The minimum Gasteiger partial charge on any atom is -0.387 e. The topological polar surface area (TPSA) is 15.3 Å². The number of fused-ring (bicyclic) bond motifs is 1. The van der Waals surface area contributed by atoms with Gasteiger partial charge in [0.15, 0.2) is 0 Å². The van der Waals surface area contributed by atoms with E-state index >= 15 is 0 Å². The molecular formula is C13H19ClN2. The molecule has 0 radical (unpaired) electrons. The van der Waals surface area contributed by atoms with Crippen LogP contribution in [0.15, 0.2) is 12.1 Å². The van der Waals surface area contributed by atoms with Crippen LogP contribution in [-0.2, 0) is 13.0 Å². The first-order chi connectivity index (χ1) is 7.74. The normalized spacial score (nSPS) is 16.7. The molecule has 2 nitrogen and oxygen atoms in total. The van der Waals surface area contributed by atoms with Gasteiger partial charge in [-0.1, -0.05) is 18.5 Å². The van der Waals surface area contributed by atoms with Crippen molar-refractivity contribution in [3.8, 4) is 0 Å². The molecule has 1 N–H and O–H groups in total. The Kier molecular flexibility index (Phi) is 3.72. The van der Waals surface area contributed by atoms with Gasteiger partial charge in [-0.05, 0) is 49.2 Å². The van der Waals surface area contributed by atoms with Crippen molar-refractivity contribution < 1.29 is 0 Å². The monoisotopic (exact) mass is 238 g/mol. The zero-order valence-electron chi connectivity index (χ0n) is 10.0. The summed E-state index contributed by atoms with van der Waals surface area (Å²) in [6.45, 7) is 5.56. The Hall–Kier alpha value is -0.730. The molecule has 0 saturated heterocycles. The minimum absolute atomic E-state index is 0.833. The van der Waals surface area contributed by atoms with Gasteiger partial charge in [0.05, 0.1) is 10.7 Å². The van der Waals surface area contributed by atoms with Gasteiger partial charge in [-0.3, -0.25) is 4.90 Å². The zero-order valence-corrected chi connectivity index (χ0v) is 10.8. The van der Waals surface area contributed by atoms with E-state index in [9.17, 15) is 0 Å². The lowest BCUT2D eigenvalue weighted by Crippen LogP contribution is -2.22. The highest BCUT2D eigenvalue weighted by Crippen LogP contribution is 2.29. The van der Waals surface area contributed by atoms with Crippen LogP contribution in [0, 0.1) is 0 Å². The number of rotatable bonds is 2. The Morgan fingerprint density at radius 2 is 2.19 bits per heavy atom. The molecule has 0 unspecified atom stereocenters. The minimum atomic E-state index is 0.833. The number of nitrogens with zero attached hydrogens (tertiary/aromatic N) is 1. The van der Waals surface area contributed by atoms with Crippen LogP contribution in [0.1, 0.15) is 24.5 Å². The van der Waals surface area contributed by atoms with Crippen LogP contribution < -0.4 is 5.32 Å². The summed E-state index contributed by atoms with van der Waals surface area (Å²) in [5.41, 5.74) is 3.89. The van der Waals surface area contributed by atoms with Crippen LogP contribution >= 0.6 is 11.6 Å². The molecule has 0 bridgehead atoms. The Morgan fingerprint density at radius 1 is 1.38 bits per heavy atom. The average molecular weight is 239 g/mol. The van der Waals surface area contributed by atoms with Gasteiger partial charge < -0.3 is 5.32 Å². The SMILES string of the molecule is CCN1CCCc2cc(NC)c(Cl)cc2C1. The molecule has 0 spiro atoms. The van der Waals surface area contributed by atoms with Crippen molar-refractivity contribution in [2.24, 2.45) is 0 Å². The number of nitrogens with one attached hydrogen (secondary N) is 1. The maximum Gasteiger partial charge on any atom is 0.0640 e. The van der Waals surface area contributed by atoms with Crippen LogP contribution in [0.5, 0.6) is 0 Å². The van der Waals surface area contributed by atoms with Gasteiger partial charge in [-0.25, -0.2) is 0 Å². The van der Waals surface area contributed by atoms with E-state index in [0.29, 0.717) is 0 Å². The Balaban J connectivity index is 2.34.